The quantitative estimate of drug-likeness (QED) is 0.908. The van der Waals surface area contributed by atoms with Crippen LogP contribution in [0.5, 0.6) is 0 Å². The number of nitrogens with one attached hydrogen (secondary N) is 1. The largest absolute Gasteiger partial charge is 0.313 e. The monoisotopic (exact) mass is 346 g/mol. The molecule has 1 unspecified atom stereocenters. The smallest absolute Gasteiger partial charge is 0.242 e. The summed E-state index contributed by atoms with van der Waals surface area (Å²) < 4.78 is 27.3. The second-order valence-corrected chi connectivity index (χ2v) is 7.89. The number of nitrogens with zero attached hydrogens (tertiary/aromatic N) is 1. The van der Waals surface area contributed by atoms with Gasteiger partial charge in [-0.25, -0.2) is 8.42 Å². The van der Waals surface area contributed by atoms with Gasteiger partial charge in [-0.1, -0.05) is 15.9 Å². The zero-order chi connectivity index (χ0) is 14.0. The highest BCUT2D eigenvalue weighted by Gasteiger charge is 2.25. The van der Waals surface area contributed by atoms with Gasteiger partial charge in [0.05, 0.1) is 4.90 Å². The molecule has 0 radical (unpaired) electrons. The Hall–Kier alpha value is -0.430. The molecule has 1 N–H and O–H groups in total. The minimum Gasteiger partial charge on any atom is -0.313 e. The van der Waals surface area contributed by atoms with Crippen molar-refractivity contribution in [3.63, 3.8) is 0 Å². The van der Waals surface area contributed by atoms with E-state index in [9.17, 15) is 8.42 Å². The van der Waals surface area contributed by atoms with Crippen molar-refractivity contribution >= 4 is 26.0 Å². The topological polar surface area (TPSA) is 49.4 Å². The van der Waals surface area contributed by atoms with Crippen molar-refractivity contribution in [2.45, 2.75) is 30.7 Å². The third-order valence-electron chi connectivity index (χ3n) is 3.48. The number of halogens is 1. The summed E-state index contributed by atoms with van der Waals surface area (Å²) in [5, 5.41) is 3.32. The first kappa shape index (κ1) is 15.0. The molecule has 0 bridgehead atoms. The van der Waals surface area contributed by atoms with Crippen LogP contribution in [-0.4, -0.2) is 38.9 Å². The Labute approximate surface area is 123 Å². The zero-order valence-corrected chi connectivity index (χ0v) is 13.6. The number of sulfonamides is 1. The van der Waals surface area contributed by atoms with E-state index in [1.54, 1.807) is 25.2 Å². The average molecular weight is 347 g/mol. The van der Waals surface area contributed by atoms with Crippen molar-refractivity contribution in [1.82, 2.24) is 9.62 Å². The van der Waals surface area contributed by atoms with Crippen molar-refractivity contribution < 1.29 is 8.42 Å². The van der Waals surface area contributed by atoms with Gasteiger partial charge in [0.1, 0.15) is 0 Å². The number of benzene rings is 1. The Bertz CT molecular complexity index is 554. The maximum atomic E-state index is 12.5. The molecule has 1 aliphatic rings. The molecule has 106 valence electrons. The lowest BCUT2D eigenvalue weighted by atomic mass is 10.2. The summed E-state index contributed by atoms with van der Waals surface area (Å²) in [5.41, 5.74) is 0.925. The molecule has 1 saturated heterocycles. The van der Waals surface area contributed by atoms with E-state index in [0.29, 0.717) is 11.4 Å². The van der Waals surface area contributed by atoms with Gasteiger partial charge in [0.15, 0.2) is 0 Å². The fraction of sp³-hybridized carbons (Fsp3) is 0.538. The first-order valence-corrected chi connectivity index (χ1v) is 8.60. The van der Waals surface area contributed by atoms with E-state index >= 15 is 0 Å². The normalized spacial score (nSPS) is 20.1. The van der Waals surface area contributed by atoms with Crippen molar-refractivity contribution in [1.29, 1.82) is 0 Å². The second-order valence-electron chi connectivity index (χ2n) is 4.99. The molecule has 4 nitrogen and oxygen atoms in total. The first-order valence-electron chi connectivity index (χ1n) is 6.37. The highest BCUT2D eigenvalue weighted by atomic mass is 79.9. The third kappa shape index (κ3) is 3.37. The minimum absolute atomic E-state index is 0.274. The molecule has 0 aromatic heterocycles. The molecule has 1 aromatic carbocycles. The van der Waals surface area contributed by atoms with Gasteiger partial charge in [0, 0.05) is 24.1 Å². The average Bonchev–Trinajstić information content (AvgIpc) is 2.85. The van der Waals surface area contributed by atoms with Gasteiger partial charge < -0.3 is 5.32 Å². The molecule has 6 heteroatoms. The summed E-state index contributed by atoms with van der Waals surface area (Å²) in [6.45, 7) is 3.40. The van der Waals surface area contributed by atoms with Crippen molar-refractivity contribution in [2.75, 3.05) is 20.1 Å². The second kappa shape index (κ2) is 5.91. The zero-order valence-electron chi connectivity index (χ0n) is 11.2. The van der Waals surface area contributed by atoms with Crippen LogP contribution in [0, 0.1) is 6.92 Å². The van der Waals surface area contributed by atoms with Gasteiger partial charge >= 0.3 is 0 Å². The van der Waals surface area contributed by atoms with Crippen molar-refractivity contribution in [3.05, 3.63) is 28.2 Å². The van der Waals surface area contributed by atoms with Gasteiger partial charge in [-0.2, -0.15) is 4.31 Å². The van der Waals surface area contributed by atoms with Crippen LogP contribution in [-0.2, 0) is 10.0 Å². The molecule has 1 aliphatic heterocycles. The number of hydrogen-bond donors (Lipinski definition) is 1. The van der Waals surface area contributed by atoms with Gasteiger partial charge in [0.25, 0.3) is 0 Å². The molecular weight excluding hydrogens is 328 g/mol. The lowest BCUT2D eigenvalue weighted by molar-refractivity contribution is 0.417. The van der Waals surface area contributed by atoms with Crippen LogP contribution in [0.25, 0.3) is 0 Å². The van der Waals surface area contributed by atoms with E-state index in [-0.39, 0.29) is 6.04 Å². The summed E-state index contributed by atoms with van der Waals surface area (Å²) in [6, 6.07) is 5.41. The number of likely N-dealkylation sites (N-methyl/N-ethyl adjacent to an activating group) is 1. The van der Waals surface area contributed by atoms with Crippen LogP contribution in [0.2, 0.25) is 0 Å². The molecule has 0 aliphatic carbocycles. The van der Waals surface area contributed by atoms with Gasteiger partial charge in [-0.15, -0.1) is 0 Å². The summed E-state index contributed by atoms with van der Waals surface area (Å²) in [5.74, 6) is 0. The molecule has 1 fully saturated rings. The SMILES string of the molecule is Cc1cc(S(=O)(=O)N(C)CC2CCCN2)ccc1Br. The van der Waals surface area contributed by atoms with E-state index in [1.165, 1.54) is 4.31 Å². The molecule has 0 amide bonds. The number of rotatable bonds is 4. The summed E-state index contributed by atoms with van der Waals surface area (Å²) in [6.07, 6.45) is 2.16. The lowest BCUT2D eigenvalue weighted by Gasteiger charge is -2.21. The van der Waals surface area contributed by atoms with Crippen LogP contribution in [0.4, 0.5) is 0 Å². The number of hydrogen-bond acceptors (Lipinski definition) is 3. The molecular formula is C13H19BrN2O2S. The number of aryl methyl sites for hydroxylation is 1. The molecule has 1 atom stereocenters. The van der Waals surface area contributed by atoms with Crippen molar-refractivity contribution in [2.24, 2.45) is 0 Å². The molecule has 0 saturated carbocycles. The van der Waals surface area contributed by atoms with Gasteiger partial charge in [0.2, 0.25) is 10.0 Å². The van der Waals surface area contributed by atoms with E-state index in [0.717, 1.165) is 29.4 Å². The fourth-order valence-electron chi connectivity index (χ4n) is 2.28. The van der Waals surface area contributed by atoms with Crippen LogP contribution in [0.1, 0.15) is 18.4 Å². The fourth-order valence-corrected chi connectivity index (χ4v) is 3.83. The van der Waals surface area contributed by atoms with Gasteiger partial charge in [-0.05, 0) is 50.1 Å². The lowest BCUT2D eigenvalue weighted by Crippen LogP contribution is -2.38. The maximum Gasteiger partial charge on any atom is 0.242 e. The Morgan fingerprint density at radius 3 is 2.79 bits per heavy atom. The van der Waals surface area contributed by atoms with Crippen LogP contribution in [0.15, 0.2) is 27.6 Å². The Morgan fingerprint density at radius 2 is 2.21 bits per heavy atom. The third-order valence-corrected chi connectivity index (χ3v) is 6.19. The summed E-state index contributed by atoms with van der Waals surface area (Å²) in [4.78, 5) is 0.355. The highest BCUT2D eigenvalue weighted by Crippen LogP contribution is 2.22. The first-order chi connectivity index (χ1) is 8.91. The highest BCUT2D eigenvalue weighted by molar-refractivity contribution is 9.10. The summed E-state index contributed by atoms with van der Waals surface area (Å²) in [7, 11) is -1.75. The Kier molecular flexibility index (Phi) is 4.66. The van der Waals surface area contributed by atoms with E-state index in [2.05, 4.69) is 21.2 Å². The van der Waals surface area contributed by atoms with Crippen LogP contribution >= 0.6 is 15.9 Å². The van der Waals surface area contributed by atoms with Gasteiger partial charge in [-0.3, -0.25) is 0 Å². The predicted octanol–water partition coefficient (Wildman–Crippen LogP) is 2.13. The molecule has 1 heterocycles. The summed E-state index contributed by atoms with van der Waals surface area (Å²) >= 11 is 3.39. The molecule has 1 aromatic rings. The molecule has 19 heavy (non-hydrogen) atoms. The minimum atomic E-state index is -3.39. The van der Waals surface area contributed by atoms with E-state index in [1.807, 2.05) is 6.92 Å². The maximum absolute atomic E-state index is 12.5. The molecule has 0 spiro atoms. The Balaban J connectivity index is 2.18. The predicted molar refractivity (Wildman–Crippen MR) is 79.7 cm³/mol. The Morgan fingerprint density at radius 1 is 1.47 bits per heavy atom. The van der Waals surface area contributed by atoms with E-state index in [4.69, 9.17) is 0 Å². The van der Waals surface area contributed by atoms with Crippen LogP contribution < -0.4 is 5.32 Å². The van der Waals surface area contributed by atoms with Crippen LogP contribution in [0.3, 0.4) is 0 Å². The standard InChI is InChI=1S/C13H19BrN2O2S/c1-10-8-12(5-6-13(10)14)19(17,18)16(2)9-11-4-3-7-15-11/h5-6,8,11,15H,3-4,7,9H2,1-2H3. The van der Waals surface area contributed by atoms with E-state index < -0.39 is 10.0 Å². The van der Waals surface area contributed by atoms with Crippen molar-refractivity contribution in [3.8, 4) is 0 Å². The molecule has 2 rings (SSSR count).